The number of aliphatic hydroxyl groups excluding tert-OH is 1. The van der Waals surface area contributed by atoms with Gasteiger partial charge in [-0.05, 0) is 29.7 Å². The molecular weight excluding hydrogens is 226 g/mol. The van der Waals surface area contributed by atoms with Gasteiger partial charge >= 0.3 is 0 Å². The first-order chi connectivity index (χ1) is 8.84. The summed E-state index contributed by atoms with van der Waals surface area (Å²) in [6, 6.07) is 12.1. The number of pyridine rings is 1. The summed E-state index contributed by atoms with van der Waals surface area (Å²) >= 11 is 0. The Hall–Kier alpha value is -1.75. The Labute approximate surface area is 106 Å². The van der Waals surface area contributed by atoms with E-state index in [9.17, 15) is 5.11 Å². The fraction of sp³-hybridized carbons (Fsp3) is 0.214. The van der Waals surface area contributed by atoms with Crippen LogP contribution in [0.25, 0.3) is 0 Å². The van der Waals surface area contributed by atoms with Gasteiger partial charge in [0.15, 0.2) is 0 Å². The number of hydrogen-bond acceptors (Lipinski definition) is 4. The molecule has 4 heteroatoms. The van der Waals surface area contributed by atoms with E-state index >= 15 is 0 Å². The second-order valence-corrected chi connectivity index (χ2v) is 4.43. The van der Waals surface area contributed by atoms with Gasteiger partial charge in [-0.15, -0.1) is 0 Å². The molecule has 0 bridgehead atoms. The molecule has 1 aliphatic heterocycles. The molecule has 0 amide bonds. The normalized spacial score (nSPS) is 22.5. The van der Waals surface area contributed by atoms with Crippen LogP contribution in [0.4, 0.5) is 0 Å². The highest BCUT2D eigenvalue weighted by atomic mass is 16.3. The number of aliphatic hydroxyl groups is 1. The van der Waals surface area contributed by atoms with Crippen molar-refractivity contribution in [3.63, 3.8) is 0 Å². The van der Waals surface area contributed by atoms with Crippen LogP contribution in [0.5, 0.6) is 0 Å². The zero-order valence-electron chi connectivity index (χ0n) is 9.88. The fourth-order valence-corrected chi connectivity index (χ4v) is 2.33. The molecule has 0 fully saturated rings. The lowest BCUT2D eigenvalue weighted by Gasteiger charge is -2.31. The quantitative estimate of drug-likeness (QED) is 0.745. The number of rotatable bonds is 2. The zero-order chi connectivity index (χ0) is 12.4. The van der Waals surface area contributed by atoms with E-state index in [0.717, 1.165) is 17.5 Å². The van der Waals surface area contributed by atoms with E-state index in [2.05, 4.69) is 21.9 Å². The molecule has 0 saturated heterocycles. The third-order valence-corrected chi connectivity index (χ3v) is 3.25. The van der Waals surface area contributed by atoms with Gasteiger partial charge in [0.2, 0.25) is 0 Å². The van der Waals surface area contributed by atoms with Gasteiger partial charge in [0.1, 0.15) is 6.23 Å². The largest absolute Gasteiger partial charge is 0.373 e. The maximum atomic E-state index is 9.86. The Morgan fingerprint density at radius 1 is 1.00 bits per heavy atom. The minimum Gasteiger partial charge on any atom is -0.373 e. The number of nitrogens with zero attached hydrogens (tertiary/aromatic N) is 1. The van der Waals surface area contributed by atoms with Crippen molar-refractivity contribution in [1.82, 2.24) is 15.8 Å². The van der Waals surface area contributed by atoms with Gasteiger partial charge in [0, 0.05) is 18.0 Å². The molecular formula is C14H15N3O. The van der Waals surface area contributed by atoms with Crippen LogP contribution in [-0.4, -0.2) is 10.1 Å². The summed E-state index contributed by atoms with van der Waals surface area (Å²) in [5.41, 5.74) is 9.35. The first-order valence-corrected chi connectivity index (χ1v) is 6.01. The summed E-state index contributed by atoms with van der Waals surface area (Å²) < 4.78 is 0. The van der Waals surface area contributed by atoms with Crippen molar-refractivity contribution in [2.24, 2.45) is 0 Å². The predicted octanol–water partition coefficient (Wildman–Crippen LogP) is 1.46. The highest BCUT2D eigenvalue weighted by Gasteiger charge is 2.24. The summed E-state index contributed by atoms with van der Waals surface area (Å²) in [4.78, 5) is 4.02. The van der Waals surface area contributed by atoms with Crippen LogP contribution in [0.2, 0.25) is 0 Å². The molecule has 92 valence electrons. The highest BCUT2D eigenvalue weighted by molar-refractivity contribution is 5.34. The summed E-state index contributed by atoms with van der Waals surface area (Å²) in [5, 5.41) is 9.86. The smallest absolute Gasteiger partial charge is 0.143 e. The second-order valence-electron chi connectivity index (χ2n) is 4.43. The van der Waals surface area contributed by atoms with Crippen molar-refractivity contribution < 1.29 is 5.11 Å². The Kier molecular flexibility index (Phi) is 3.06. The van der Waals surface area contributed by atoms with Gasteiger partial charge in [-0.3, -0.25) is 4.98 Å². The van der Waals surface area contributed by atoms with Crippen molar-refractivity contribution in [1.29, 1.82) is 0 Å². The van der Waals surface area contributed by atoms with Crippen LogP contribution in [0, 0.1) is 0 Å². The van der Waals surface area contributed by atoms with E-state index < -0.39 is 6.23 Å². The molecule has 0 saturated carbocycles. The molecule has 3 rings (SSSR count). The van der Waals surface area contributed by atoms with Gasteiger partial charge in [0.05, 0.1) is 6.04 Å². The van der Waals surface area contributed by atoms with E-state index in [4.69, 9.17) is 0 Å². The molecule has 1 aromatic heterocycles. The summed E-state index contributed by atoms with van der Waals surface area (Å²) in [6.07, 6.45) is 3.81. The SMILES string of the molecule is OC1NNC(Cc2ccncc2)c2ccccc21. The van der Waals surface area contributed by atoms with Crippen LogP contribution >= 0.6 is 0 Å². The molecule has 0 radical (unpaired) electrons. The summed E-state index contributed by atoms with van der Waals surface area (Å²) in [5.74, 6) is 0. The molecule has 3 N–H and O–H groups in total. The van der Waals surface area contributed by atoms with Crippen LogP contribution in [0.1, 0.15) is 29.0 Å². The summed E-state index contributed by atoms with van der Waals surface area (Å²) in [6.45, 7) is 0. The average molecular weight is 241 g/mol. The molecule has 0 spiro atoms. The van der Waals surface area contributed by atoms with Crippen LogP contribution in [-0.2, 0) is 6.42 Å². The summed E-state index contributed by atoms with van der Waals surface area (Å²) in [7, 11) is 0. The Bertz CT molecular complexity index is 530. The van der Waals surface area contributed by atoms with E-state index in [1.165, 1.54) is 5.56 Å². The van der Waals surface area contributed by atoms with Crippen molar-refractivity contribution in [3.05, 3.63) is 65.5 Å². The second kappa shape index (κ2) is 4.86. The molecule has 2 atom stereocenters. The van der Waals surface area contributed by atoms with Gasteiger partial charge in [-0.25, -0.2) is 10.9 Å². The number of hydrogen-bond donors (Lipinski definition) is 3. The van der Waals surface area contributed by atoms with E-state index in [0.29, 0.717) is 0 Å². The van der Waals surface area contributed by atoms with Gasteiger partial charge < -0.3 is 5.11 Å². The molecule has 2 unspecified atom stereocenters. The third-order valence-electron chi connectivity index (χ3n) is 3.25. The lowest BCUT2D eigenvalue weighted by Crippen LogP contribution is -2.44. The van der Waals surface area contributed by atoms with E-state index in [1.807, 2.05) is 30.3 Å². The maximum Gasteiger partial charge on any atom is 0.143 e. The molecule has 2 aromatic rings. The van der Waals surface area contributed by atoms with Gasteiger partial charge in [-0.2, -0.15) is 0 Å². The lowest BCUT2D eigenvalue weighted by molar-refractivity contribution is 0.0981. The molecule has 18 heavy (non-hydrogen) atoms. The lowest BCUT2D eigenvalue weighted by atomic mass is 9.93. The van der Waals surface area contributed by atoms with E-state index in [1.54, 1.807) is 12.4 Å². The van der Waals surface area contributed by atoms with Crippen molar-refractivity contribution in [2.75, 3.05) is 0 Å². The van der Waals surface area contributed by atoms with Crippen molar-refractivity contribution in [2.45, 2.75) is 18.7 Å². The minimum atomic E-state index is -0.644. The number of hydrazine groups is 1. The molecule has 1 aromatic carbocycles. The minimum absolute atomic E-state index is 0.159. The van der Waals surface area contributed by atoms with Crippen LogP contribution < -0.4 is 10.9 Å². The Morgan fingerprint density at radius 3 is 2.50 bits per heavy atom. The first kappa shape index (κ1) is 11.3. The van der Waals surface area contributed by atoms with Crippen LogP contribution in [0.3, 0.4) is 0 Å². The standard InChI is InChI=1S/C14H15N3O/c18-14-12-4-2-1-3-11(12)13(16-17-14)9-10-5-7-15-8-6-10/h1-8,13-14,16-18H,9H2. The van der Waals surface area contributed by atoms with E-state index in [-0.39, 0.29) is 6.04 Å². The molecule has 0 aliphatic carbocycles. The fourth-order valence-electron chi connectivity index (χ4n) is 2.33. The molecule has 2 heterocycles. The molecule has 1 aliphatic rings. The molecule has 4 nitrogen and oxygen atoms in total. The van der Waals surface area contributed by atoms with Crippen molar-refractivity contribution >= 4 is 0 Å². The predicted molar refractivity (Wildman–Crippen MR) is 68.4 cm³/mol. The Balaban J connectivity index is 1.89. The van der Waals surface area contributed by atoms with Gasteiger partial charge in [0.25, 0.3) is 0 Å². The Morgan fingerprint density at radius 2 is 1.72 bits per heavy atom. The number of benzene rings is 1. The van der Waals surface area contributed by atoms with Gasteiger partial charge in [-0.1, -0.05) is 24.3 Å². The van der Waals surface area contributed by atoms with Crippen LogP contribution in [0.15, 0.2) is 48.8 Å². The highest BCUT2D eigenvalue weighted by Crippen LogP contribution is 2.28. The average Bonchev–Trinajstić information content (AvgIpc) is 2.44. The maximum absolute atomic E-state index is 9.86. The zero-order valence-corrected chi connectivity index (χ0v) is 9.88. The monoisotopic (exact) mass is 241 g/mol. The number of fused-ring (bicyclic) bond motifs is 1. The first-order valence-electron chi connectivity index (χ1n) is 6.01. The third kappa shape index (κ3) is 2.13. The van der Waals surface area contributed by atoms with Crippen molar-refractivity contribution in [3.8, 4) is 0 Å². The number of aromatic nitrogens is 1. The topological polar surface area (TPSA) is 57.2 Å². The number of nitrogens with one attached hydrogen (secondary N) is 2.